The molecule has 0 aliphatic heterocycles. The molecule has 0 amide bonds. The van der Waals surface area contributed by atoms with Gasteiger partial charge in [-0.05, 0) is 19.4 Å². The van der Waals surface area contributed by atoms with Gasteiger partial charge in [-0.15, -0.1) is 0 Å². The van der Waals surface area contributed by atoms with Crippen LogP contribution in [0, 0.1) is 0 Å². The third-order valence-corrected chi connectivity index (χ3v) is 0.601. The summed E-state index contributed by atoms with van der Waals surface area (Å²) in [5.41, 5.74) is 0.620. The van der Waals surface area contributed by atoms with E-state index in [4.69, 9.17) is 0 Å². The SMILES string of the molecule is C=C(C)C(C)=O.CCC. The van der Waals surface area contributed by atoms with Crippen LogP contribution in [0.3, 0.4) is 0 Å². The van der Waals surface area contributed by atoms with Crippen molar-refractivity contribution in [2.75, 3.05) is 0 Å². The predicted octanol–water partition coefficient (Wildman–Crippen LogP) is 2.57. The minimum atomic E-state index is 0.0648. The fourth-order valence-corrected chi connectivity index (χ4v) is 0. The number of carbonyl (C=O) groups is 1. The van der Waals surface area contributed by atoms with Crippen molar-refractivity contribution < 1.29 is 4.79 Å². The normalized spacial score (nSPS) is 7.11. The van der Waals surface area contributed by atoms with Crippen LogP contribution in [0.1, 0.15) is 34.1 Å². The van der Waals surface area contributed by atoms with Gasteiger partial charge >= 0.3 is 0 Å². The Morgan fingerprint density at radius 2 is 1.44 bits per heavy atom. The minimum Gasteiger partial charge on any atom is -0.295 e. The van der Waals surface area contributed by atoms with E-state index in [1.54, 1.807) is 6.92 Å². The van der Waals surface area contributed by atoms with Gasteiger partial charge in [-0.3, -0.25) is 4.79 Å². The monoisotopic (exact) mass is 128 g/mol. The number of rotatable bonds is 1. The summed E-state index contributed by atoms with van der Waals surface area (Å²) in [6.45, 7) is 10.9. The summed E-state index contributed by atoms with van der Waals surface area (Å²) >= 11 is 0. The van der Waals surface area contributed by atoms with E-state index in [0.717, 1.165) is 0 Å². The van der Waals surface area contributed by atoms with Crippen LogP contribution in [-0.4, -0.2) is 5.78 Å². The van der Waals surface area contributed by atoms with Gasteiger partial charge in [-0.25, -0.2) is 0 Å². The molecule has 1 nitrogen and oxygen atoms in total. The lowest BCUT2D eigenvalue weighted by molar-refractivity contribution is -0.113. The smallest absolute Gasteiger partial charge is 0.154 e. The Kier molecular flexibility index (Phi) is 9.25. The van der Waals surface area contributed by atoms with Crippen LogP contribution >= 0.6 is 0 Å². The molecule has 0 radical (unpaired) electrons. The van der Waals surface area contributed by atoms with E-state index in [0.29, 0.717) is 5.57 Å². The van der Waals surface area contributed by atoms with Crippen molar-refractivity contribution in [1.29, 1.82) is 0 Å². The van der Waals surface area contributed by atoms with Crippen LogP contribution < -0.4 is 0 Å². The first-order chi connectivity index (χ1) is 4.06. The van der Waals surface area contributed by atoms with Gasteiger partial charge in [0.15, 0.2) is 5.78 Å². The summed E-state index contributed by atoms with van der Waals surface area (Å²) in [5.74, 6) is 0.0648. The summed E-state index contributed by atoms with van der Waals surface area (Å²) in [4.78, 5) is 10.0. The average molecular weight is 128 g/mol. The van der Waals surface area contributed by atoms with Crippen molar-refractivity contribution in [1.82, 2.24) is 0 Å². The van der Waals surface area contributed by atoms with Crippen molar-refractivity contribution in [2.45, 2.75) is 34.1 Å². The van der Waals surface area contributed by atoms with E-state index in [1.165, 1.54) is 13.3 Å². The molecule has 9 heavy (non-hydrogen) atoms. The number of ketones is 1. The van der Waals surface area contributed by atoms with Crippen molar-refractivity contribution in [3.63, 3.8) is 0 Å². The fraction of sp³-hybridized carbons (Fsp3) is 0.625. The van der Waals surface area contributed by atoms with Gasteiger partial charge in [-0.2, -0.15) is 0 Å². The molecule has 0 aromatic carbocycles. The third-order valence-electron chi connectivity index (χ3n) is 0.601. The maximum atomic E-state index is 10.0. The highest BCUT2D eigenvalue weighted by molar-refractivity contribution is 5.91. The topological polar surface area (TPSA) is 17.1 Å². The molecule has 1 heteroatoms. The van der Waals surface area contributed by atoms with Crippen LogP contribution in [0.25, 0.3) is 0 Å². The molecule has 0 saturated carbocycles. The van der Waals surface area contributed by atoms with Crippen LogP contribution in [-0.2, 0) is 4.79 Å². The second-order valence-electron chi connectivity index (χ2n) is 2.04. The molecule has 0 spiro atoms. The van der Waals surface area contributed by atoms with Crippen molar-refractivity contribution in [3.8, 4) is 0 Å². The molecule has 0 bridgehead atoms. The predicted molar refractivity (Wildman–Crippen MR) is 41.5 cm³/mol. The first-order valence-corrected chi connectivity index (χ1v) is 3.22. The zero-order chi connectivity index (χ0) is 7.86. The Balaban J connectivity index is 0. The van der Waals surface area contributed by atoms with E-state index in [1.807, 2.05) is 0 Å². The summed E-state index contributed by atoms with van der Waals surface area (Å²) < 4.78 is 0. The van der Waals surface area contributed by atoms with Crippen LogP contribution in [0.5, 0.6) is 0 Å². The van der Waals surface area contributed by atoms with E-state index >= 15 is 0 Å². The second kappa shape index (κ2) is 7.41. The number of hydrogen-bond acceptors (Lipinski definition) is 1. The largest absolute Gasteiger partial charge is 0.295 e. The van der Waals surface area contributed by atoms with Gasteiger partial charge in [0.2, 0.25) is 0 Å². The molecule has 0 rings (SSSR count). The molecule has 54 valence electrons. The zero-order valence-electron chi connectivity index (χ0n) is 6.82. The molecular formula is C8H16O. The van der Waals surface area contributed by atoms with Gasteiger partial charge in [0, 0.05) is 0 Å². The highest BCUT2D eigenvalue weighted by Crippen LogP contribution is 1.84. The number of carbonyl (C=O) groups excluding carboxylic acids is 1. The highest BCUT2D eigenvalue weighted by atomic mass is 16.1. The maximum Gasteiger partial charge on any atom is 0.154 e. The molecule has 0 aliphatic rings. The van der Waals surface area contributed by atoms with Gasteiger partial charge < -0.3 is 0 Å². The van der Waals surface area contributed by atoms with Gasteiger partial charge in [0.05, 0.1) is 0 Å². The zero-order valence-corrected chi connectivity index (χ0v) is 6.82. The minimum absolute atomic E-state index is 0.0648. The standard InChI is InChI=1S/C5H8O.C3H8/c1-4(2)5(3)6;1-3-2/h1H2,2-3H3;3H2,1-2H3. The molecule has 0 fully saturated rings. The van der Waals surface area contributed by atoms with Gasteiger partial charge in [0.1, 0.15) is 0 Å². The molecule has 0 saturated heterocycles. The van der Waals surface area contributed by atoms with Crippen LogP contribution in [0.2, 0.25) is 0 Å². The number of allylic oxidation sites excluding steroid dienone is 1. The van der Waals surface area contributed by atoms with E-state index in [2.05, 4.69) is 20.4 Å². The van der Waals surface area contributed by atoms with Crippen LogP contribution in [0.4, 0.5) is 0 Å². The molecular weight excluding hydrogens is 112 g/mol. The molecule has 0 aromatic rings. The summed E-state index contributed by atoms with van der Waals surface area (Å²) in [5, 5.41) is 0. The number of hydrogen-bond donors (Lipinski definition) is 0. The van der Waals surface area contributed by atoms with Crippen LogP contribution in [0.15, 0.2) is 12.2 Å². The molecule has 0 aromatic heterocycles. The lowest BCUT2D eigenvalue weighted by atomic mass is 10.3. The maximum absolute atomic E-state index is 10.0. The first kappa shape index (κ1) is 11.2. The molecule has 0 aliphatic carbocycles. The average Bonchev–Trinajstić information content (AvgIpc) is 1.68. The lowest BCUT2D eigenvalue weighted by Gasteiger charge is -1.80. The van der Waals surface area contributed by atoms with E-state index < -0.39 is 0 Å². The Morgan fingerprint density at radius 3 is 1.44 bits per heavy atom. The Morgan fingerprint density at radius 1 is 1.33 bits per heavy atom. The Hall–Kier alpha value is -0.590. The Labute approximate surface area is 57.8 Å². The third kappa shape index (κ3) is 18.7. The molecule has 0 unspecified atom stereocenters. The summed E-state index contributed by atoms with van der Waals surface area (Å²) in [6, 6.07) is 0. The van der Waals surface area contributed by atoms with Gasteiger partial charge in [0.25, 0.3) is 0 Å². The molecule has 0 N–H and O–H groups in total. The Bertz CT molecular complexity index is 80.7. The van der Waals surface area contributed by atoms with E-state index in [-0.39, 0.29) is 5.78 Å². The summed E-state index contributed by atoms with van der Waals surface area (Å²) in [7, 11) is 0. The van der Waals surface area contributed by atoms with E-state index in [9.17, 15) is 4.79 Å². The first-order valence-electron chi connectivity index (χ1n) is 3.22. The lowest BCUT2D eigenvalue weighted by Crippen LogP contribution is -1.86. The van der Waals surface area contributed by atoms with Crippen molar-refractivity contribution in [3.05, 3.63) is 12.2 Å². The highest BCUT2D eigenvalue weighted by Gasteiger charge is 1.85. The second-order valence-corrected chi connectivity index (χ2v) is 2.04. The van der Waals surface area contributed by atoms with Gasteiger partial charge in [-0.1, -0.05) is 26.8 Å². The molecule has 0 heterocycles. The van der Waals surface area contributed by atoms with Crippen molar-refractivity contribution in [2.24, 2.45) is 0 Å². The van der Waals surface area contributed by atoms with Crippen molar-refractivity contribution >= 4 is 5.78 Å². The summed E-state index contributed by atoms with van der Waals surface area (Å²) in [6.07, 6.45) is 1.25. The quantitative estimate of drug-likeness (QED) is 0.496. The molecule has 0 atom stereocenters. The fourth-order valence-electron chi connectivity index (χ4n) is 0. The number of Topliss-reactive ketones (excluding diaryl/α,β-unsaturated/α-hetero) is 1.